The number of rotatable bonds is 7. The van der Waals surface area contributed by atoms with Crippen molar-refractivity contribution in [1.82, 2.24) is 0 Å². The van der Waals surface area contributed by atoms with Gasteiger partial charge in [0.25, 0.3) is 5.91 Å². The Bertz CT molecular complexity index is 1200. The van der Waals surface area contributed by atoms with Crippen LogP contribution >= 0.6 is 31.9 Å². The third-order valence-electron chi connectivity index (χ3n) is 4.34. The first kappa shape index (κ1) is 23.5. The van der Waals surface area contributed by atoms with E-state index in [1.165, 1.54) is 25.3 Å². The zero-order valence-electron chi connectivity index (χ0n) is 16.9. The minimum atomic E-state index is -0.534. The first-order chi connectivity index (χ1) is 15.4. The van der Waals surface area contributed by atoms with Gasteiger partial charge in [-0.3, -0.25) is 4.79 Å². The van der Waals surface area contributed by atoms with E-state index in [0.717, 1.165) is 10.0 Å². The van der Waals surface area contributed by atoms with Crippen LogP contribution in [-0.2, 0) is 11.4 Å². The Hall–Kier alpha value is -3.15. The topological polar surface area (TPSA) is 71.3 Å². The lowest BCUT2D eigenvalue weighted by Crippen LogP contribution is -2.13. The molecule has 3 aromatic carbocycles. The number of carbonyl (C=O) groups excluding carboxylic acids is 1. The van der Waals surface area contributed by atoms with E-state index in [9.17, 15) is 14.4 Å². The SMILES string of the molecule is COc1cc(/C=C(/C#N)C(=O)Nc2cccc(Br)c2)c(Br)cc1OCc1ccc(F)cc1. The van der Waals surface area contributed by atoms with Crippen molar-refractivity contribution in [3.05, 3.63) is 92.1 Å². The first-order valence-corrected chi connectivity index (χ1v) is 10.9. The maximum Gasteiger partial charge on any atom is 0.266 e. The molecule has 0 saturated carbocycles. The number of nitriles is 1. The van der Waals surface area contributed by atoms with Crippen LogP contribution in [0.1, 0.15) is 11.1 Å². The lowest BCUT2D eigenvalue weighted by Gasteiger charge is -2.13. The Morgan fingerprint density at radius 3 is 2.53 bits per heavy atom. The highest BCUT2D eigenvalue weighted by Crippen LogP contribution is 2.35. The van der Waals surface area contributed by atoms with Gasteiger partial charge in [-0.15, -0.1) is 0 Å². The molecule has 0 fully saturated rings. The van der Waals surface area contributed by atoms with Gasteiger partial charge in [0, 0.05) is 14.6 Å². The summed E-state index contributed by atoms with van der Waals surface area (Å²) in [7, 11) is 1.49. The van der Waals surface area contributed by atoms with Crippen LogP contribution in [0.4, 0.5) is 10.1 Å². The van der Waals surface area contributed by atoms with Crippen molar-refractivity contribution in [2.24, 2.45) is 0 Å². The van der Waals surface area contributed by atoms with Gasteiger partial charge < -0.3 is 14.8 Å². The summed E-state index contributed by atoms with van der Waals surface area (Å²) >= 11 is 6.80. The molecular weight excluding hydrogens is 543 g/mol. The quantitative estimate of drug-likeness (QED) is 0.265. The fourth-order valence-electron chi connectivity index (χ4n) is 2.74. The van der Waals surface area contributed by atoms with Gasteiger partial charge in [0.15, 0.2) is 11.5 Å². The van der Waals surface area contributed by atoms with Gasteiger partial charge in [-0.1, -0.05) is 50.1 Å². The molecule has 3 aromatic rings. The second-order valence-corrected chi connectivity index (χ2v) is 8.34. The molecular formula is C24H17Br2FN2O3. The number of nitrogens with one attached hydrogen (secondary N) is 1. The van der Waals surface area contributed by atoms with Gasteiger partial charge in [0.1, 0.15) is 24.1 Å². The van der Waals surface area contributed by atoms with Crippen LogP contribution in [0, 0.1) is 17.1 Å². The molecule has 0 aromatic heterocycles. The molecule has 0 saturated heterocycles. The van der Waals surface area contributed by atoms with Crippen LogP contribution in [0.2, 0.25) is 0 Å². The number of halogens is 3. The van der Waals surface area contributed by atoms with Crippen LogP contribution in [0.5, 0.6) is 11.5 Å². The van der Waals surface area contributed by atoms with Crippen molar-refractivity contribution < 1.29 is 18.7 Å². The number of hydrogen-bond donors (Lipinski definition) is 1. The molecule has 162 valence electrons. The van der Waals surface area contributed by atoms with Crippen molar-refractivity contribution in [3.63, 3.8) is 0 Å². The molecule has 8 heteroatoms. The molecule has 0 aliphatic heterocycles. The molecule has 32 heavy (non-hydrogen) atoms. The molecule has 1 amide bonds. The lowest BCUT2D eigenvalue weighted by molar-refractivity contribution is -0.112. The molecule has 0 radical (unpaired) electrons. The maximum atomic E-state index is 13.1. The van der Waals surface area contributed by atoms with E-state index in [0.29, 0.717) is 27.2 Å². The Morgan fingerprint density at radius 1 is 1.12 bits per heavy atom. The van der Waals surface area contributed by atoms with Crippen molar-refractivity contribution in [3.8, 4) is 17.6 Å². The molecule has 1 N–H and O–H groups in total. The molecule has 3 rings (SSSR count). The predicted octanol–water partition coefficient (Wildman–Crippen LogP) is 6.48. The monoisotopic (exact) mass is 558 g/mol. The van der Waals surface area contributed by atoms with E-state index in [-0.39, 0.29) is 18.0 Å². The molecule has 0 spiro atoms. The van der Waals surface area contributed by atoms with Crippen molar-refractivity contribution in [1.29, 1.82) is 5.26 Å². The number of anilines is 1. The van der Waals surface area contributed by atoms with Crippen LogP contribution in [-0.4, -0.2) is 13.0 Å². The Balaban J connectivity index is 1.81. The van der Waals surface area contributed by atoms with Gasteiger partial charge in [-0.25, -0.2) is 4.39 Å². The zero-order valence-corrected chi connectivity index (χ0v) is 20.0. The lowest BCUT2D eigenvalue weighted by atomic mass is 10.1. The number of carbonyl (C=O) groups is 1. The number of ether oxygens (including phenoxy) is 2. The Labute approximate surface area is 201 Å². The highest BCUT2D eigenvalue weighted by Gasteiger charge is 2.14. The third-order valence-corrected chi connectivity index (χ3v) is 5.52. The minimum Gasteiger partial charge on any atom is -0.493 e. The number of benzene rings is 3. The summed E-state index contributed by atoms with van der Waals surface area (Å²) in [5.74, 6) is 0.0275. The second kappa shape index (κ2) is 10.9. The Morgan fingerprint density at radius 2 is 1.88 bits per heavy atom. The van der Waals surface area contributed by atoms with Gasteiger partial charge in [0.2, 0.25) is 0 Å². The molecule has 0 atom stereocenters. The van der Waals surface area contributed by atoms with E-state index >= 15 is 0 Å². The standard InChI is InChI=1S/C24H17Br2FN2O3/c1-31-22-10-16(9-17(13-28)24(30)29-20-4-2-3-18(25)11-20)21(26)12-23(22)32-14-15-5-7-19(27)8-6-15/h2-12H,14H2,1H3,(H,29,30)/b17-9-. The van der Waals surface area contributed by atoms with Crippen LogP contribution in [0.25, 0.3) is 6.08 Å². The smallest absolute Gasteiger partial charge is 0.266 e. The van der Waals surface area contributed by atoms with E-state index in [4.69, 9.17) is 9.47 Å². The zero-order chi connectivity index (χ0) is 23.1. The van der Waals surface area contributed by atoms with Gasteiger partial charge in [-0.05, 0) is 59.7 Å². The van der Waals surface area contributed by atoms with Crippen LogP contribution < -0.4 is 14.8 Å². The van der Waals surface area contributed by atoms with Crippen LogP contribution in [0.15, 0.2) is 75.2 Å². The number of amides is 1. The van der Waals surface area contributed by atoms with Crippen molar-refractivity contribution in [2.45, 2.75) is 6.61 Å². The third kappa shape index (κ3) is 6.19. The summed E-state index contributed by atoms with van der Waals surface area (Å²) in [6, 6.07) is 18.4. The summed E-state index contributed by atoms with van der Waals surface area (Å²) in [5, 5.41) is 12.2. The predicted molar refractivity (Wildman–Crippen MR) is 128 cm³/mol. The van der Waals surface area contributed by atoms with Crippen LogP contribution in [0.3, 0.4) is 0 Å². The fourth-order valence-corrected chi connectivity index (χ4v) is 3.58. The average molecular weight is 560 g/mol. The number of methoxy groups -OCH3 is 1. The highest BCUT2D eigenvalue weighted by atomic mass is 79.9. The second-order valence-electron chi connectivity index (χ2n) is 6.57. The van der Waals surface area contributed by atoms with E-state index in [2.05, 4.69) is 37.2 Å². The van der Waals surface area contributed by atoms with Crippen molar-refractivity contribution >= 4 is 49.5 Å². The van der Waals surface area contributed by atoms with Crippen molar-refractivity contribution in [2.75, 3.05) is 12.4 Å². The summed E-state index contributed by atoms with van der Waals surface area (Å²) < 4.78 is 25.7. The van der Waals surface area contributed by atoms with E-state index in [1.807, 2.05) is 12.1 Å². The fraction of sp³-hybridized carbons (Fsp3) is 0.0833. The molecule has 0 heterocycles. The normalized spacial score (nSPS) is 10.9. The summed E-state index contributed by atoms with van der Waals surface area (Å²) in [5.41, 5.74) is 1.85. The summed E-state index contributed by atoms with van der Waals surface area (Å²) in [4.78, 5) is 12.6. The Kier molecular flexibility index (Phi) is 8.03. The van der Waals surface area contributed by atoms with E-state index < -0.39 is 5.91 Å². The van der Waals surface area contributed by atoms with Gasteiger partial charge in [-0.2, -0.15) is 5.26 Å². The molecule has 0 aliphatic rings. The molecule has 5 nitrogen and oxygen atoms in total. The number of hydrogen-bond acceptors (Lipinski definition) is 4. The van der Waals surface area contributed by atoms with Gasteiger partial charge in [0.05, 0.1) is 7.11 Å². The van der Waals surface area contributed by atoms with E-state index in [1.54, 1.807) is 42.5 Å². The molecule has 0 bridgehead atoms. The largest absolute Gasteiger partial charge is 0.493 e. The summed E-state index contributed by atoms with van der Waals surface area (Å²) in [6.45, 7) is 0.219. The minimum absolute atomic E-state index is 0.0762. The number of nitrogens with zero attached hydrogens (tertiary/aromatic N) is 1. The first-order valence-electron chi connectivity index (χ1n) is 9.33. The summed E-state index contributed by atoms with van der Waals surface area (Å²) in [6.07, 6.45) is 1.46. The molecule has 0 unspecified atom stereocenters. The highest BCUT2D eigenvalue weighted by molar-refractivity contribution is 9.10. The average Bonchev–Trinajstić information content (AvgIpc) is 2.78. The maximum absolute atomic E-state index is 13.1. The molecule has 0 aliphatic carbocycles. The van der Waals surface area contributed by atoms with Gasteiger partial charge >= 0.3 is 0 Å².